The minimum atomic E-state index is -1.01. The van der Waals surface area contributed by atoms with Crippen LogP contribution in [0.3, 0.4) is 0 Å². The molecule has 0 spiro atoms. The van der Waals surface area contributed by atoms with E-state index in [4.69, 9.17) is 9.47 Å². The van der Waals surface area contributed by atoms with Gasteiger partial charge >= 0.3 is 6.09 Å². The third-order valence-electron chi connectivity index (χ3n) is 6.43. The number of hydrogen-bond acceptors (Lipinski definition) is 7. The Bertz CT molecular complexity index is 1640. The average molecular weight is 564 g/mol. The van der Waals surface area contributed by atoms with Gasteiger partial charge in [0.05, 0.1) is 12.1 Å². The third-order valence-corrected chi connectivity index (χ3v) is 6.43. The normalized spacial score (nSPS) is 11.4. The maximum atomic E-state index is 13.2. The van der Waals surface area contributed by atoms with Crippen LogP contribution in [0, 0.1) is 0 Å². The first kappa shape index (κ1) is 28.0. The summed E-state index contributed by atoms with van der Waals surface area (Å²) in [4.78, 5) is 38.7. The fraction of sp³-hybridized carbons (Fsp3) is 0.156. The summed E-state index contributed by atoms with van der Waals surface area (Å²) in [6.07, 6.45) is -0.596. The van der Waals surface area contributed by atoms with E-state index in [-0.39, 0.29) is 19.6 Å². The summed E-state index contributed by atoms with van der Waals surface area (Å²) in [6, 6.07) is 32.3. The second-order valence-corrected chi connectivity index (χ2v) is 9.48. The highest BCUT2D eigenvalue weighted by atomic mass is 16.5. The van der Waals surface area contributed by atoms with Crippen LogP contribution in [0.4, 0.5) is 4.79 Å². The van der Waals surface area contributed by atoms with Crippen LogP contribution in [0.2, 0.25) is 0 Å². The number of carbonyl (C=O) groups excluding carboxylic acids is 3. The topological polar surface area (TPSA) is 124 Å². The summed E-state index contributed by atoms with van der Waals surface area (Å²) in [6.45, 7) is 0.136. The number of fused-ring (bicyclic) bond motifs is 1. The zero-order valence-corrected chi connectivity index (χ0v) is 22.7. The number of carbonyl (C=O) groups is 3. The van der Waals surface area contributed by atoms with Crippen molar-refractivity contribution in [1.29, 1.82) is 0 Å². The molecule has 212 valence electrons. The van der Waals surface area contributed by atoms with Crippen molar-refractivity contribution in [3.8, 4) is 5.75 Å². The molecule has 1 heterocycles. The lowest BCUT2D eigenvalue weighted by molar-refractivity contribution is -0.122. The van der Waals surface area contributed by atoms with Crippen LogP contribution in [-0.4, -0.2) is 45.5 Å². The maximum Gasteiger partial charge on any atom is 0.408 e. The zero-order chi connectivity index (χ0) is 29.1. The van der Waals surface area contributed by atoms with Crippen molar-refractivity contribution >= 4 is 28.9 Å². The Labute approximate surface area is 242 Å². The number of benzene rings is 4. The monoisotopic (exact) mass is 563 g/mol. The number of nitrogens with zero attached hydrogens (tertiary/aromatic N) is 3. The van der Waals surface area contributed by atoms with E-state index >= 15 is 0 Å². The highest BCUT2D eigenvalue weighted by molar-refractivity contribution is 5.93. The minimum absolute atomic E-state index is 0.0479. The fourth-order valence-electron chi connectivity index (χ4n) is 4.23. The molecule has 0 bridgehead atoms. The second-order valence-electron chi connectivity index (χ2n) is 9.48. The second kappa shape index (κ2) is 13.7. The van der Waals surface area contributed by atoms with Gasteiger partial charge in [0, 0.05) is 6.42 Å². The summed E-state index contributed by atoms with van der Waals surface area (Å²) in [5.41, 5.74) is 3.73. The number of para-hydroxylation sites is 1. The smallest absolute Gasteiger partial charge is 0.408 e. The number of ether oxygens (including phenoxy) is 2. The molecule has 0 saturated carbocycles. The van der Waals surface area contributed by atoms with E-state index in [1.54, 1.807) is 36.4 Å². The van der Waals surface area contributed by atoms with Crippen molar-refractivity contribution in [2.45, 2.75) is 25.7 Å². The van der Waals surface area contributed by atoms with E-state index in [1.165, 1.54) is 0 Å². The number of aromatic nitrogens is 3. The molecule has 2 amide bonds. The van der Waals surface area contributed by atoms with Gasteiger partial charge < -0.3 is 20.1 Å². The van der Waals surface area contributed by atoms with Gasteiger partial charge in [-0.25, -0.2) is 4.79 Å². The number of hydrogen-bond donors (Lipinski definition) is 2. The Kier molecular flexibility index (Phi) is 9.15. The van der Waals surface area contributed by atoms with Gasteiger partial charge in [-0.05, 0) is 41.0 Å². The molecule has 1 atom stereocenters. The van der Waals surface area contributed by atoms with Gasteiger partial charge in [0.1, 0.15) is 30.5 Å². The van der Waals surface area contributed by atoms with E-state index in [1.807, 2.05) is 72.8 Å². The van der Waals surface area contributed by atoms with Crippen LogP contribution in [-0.2, 0) is 29.2 Å². The molecule has 0 saturated heterocycles. The molecule has 42 heavy (non-hydrogen) atoms. The molecule has 0 unspecified atom stereocenters. The summed E-state index contributed by atoms with van der Waals surface area (Å²) >= 11 is 0. The van der Waals surface area contributed by atoms with E-state index < -0.39 is 23.9 Å². The molecule has 1 aromatic heterocycles. The predicted molar refractivity (Wildman–Crippen MR) is 156 cm³/mol. The molecule has 5 aromatic rings. The maximum absolute atomic E-state index is 13.2. The molecule has 4 aromatic carbocycles. The van der Waals surface area contributed by atoms with Crippen molar-refractivity contribution < 1.29 is 23.9 Å². The molecule has 10 heteroatoms. The van der Waals surface area contributed by atoms with Crippen molar-refractivity contribution in [3.63, 3.8) is 0 Å². The summed E-state index contributed by atoms with van der Waals surface area (Å²) in [7, 11) is 0. The Balaban J connectivity index is 1.22. The van der Waals surface area contributed by atoms with E-state index in [0.29, 0.717) is 23.4 Å². The Hall–Kier alpha value is -5.51. The van der Waals surface area contributed by atoms with Crippen LogP contribution in [0.5, 0.6) is 5.75 Å². The quantitative estimate of drug-likeness (QED) is 0.245. The standard InChI is InChI=1S/C32H29N5O5/c38-30(37-29-14-8-7-13-27(29)35-36-37)20-33-31(39)28(34-32(40)42-22-25-11-5-2-6-12-25)19-23-15-17-26(18-16-23)41-21-24-9-3-1-4-10-24/h1-18,28H,19-22H2,(H,33,39)(H,34,40)/t28-/m0/s1. The highest BCUT2D eigenvalue weighted by Gasteiger charge is 2.23. The minimum Gasteiger partial charge on any atom is -0.489 e. The van der Waals surface area contributed by atoms with Crippen LogP contribution < -0.4 is 15.4 Å². The number of rotatable bonds is 11. The van der Waals surface area contributed by atoms with E-state index in [2.05, 4.69) is 20.9 Å². The van der Waals surface area contributed by atoms with Crippen LogP contribution in [0.1, 0.15) is 21.5 Å². The summed E-state index contributed by atoms with van der Waals surface area (Å²) < 4.78 is 12.3. The van der Waals surface area contributed by atoms with Crippen molar-refractivity contribution in [2.24, 2.45) is 0 Å². The average Bonchev–Trinajstić information content (AvgIpc) is 3.47. The number of alkyl carbamates (subject to hydrolysis) is 1. The molecule has 5 rings (SSSR count). The van der Waals surface area contributed by atoms with Gasteiger partial charge in [-0.1, -0.05) is 90.1 Å². The Morgan fingerprint density at radius 3 is 2.10 bits per heavy atom. The Morgan fingerprint density at radius 1 is 0.738 bits per heavy atom. The Morgan fingerprint density at radius 2 is 1.38 bits per heavy atom. The van der Waals surface area contributed by atoms with Crippen molar-refractivity contribution in [3.05, 3.63) is 126 Å². The fourth-order valence-corrected chi connectivity index (χ4v) is 4.23. The molecule has 10 nitrogen and oxygen atoms in total. The van der Waals surface area contributed by atoms with Gasteiger partial charge in [-0.3, -0.25) is 9.59 Å². The van der Waals surface area contributed by atoms with Crippen molar-refractivity contribution in [1.82, 2.24) is 25.6 Å². The molecule has 0 fully saturated rings. The third kappa shape index (κ3) is 7.57. The summed E-state index contributed by atoms with van der Waals surface area (Å²) in [5, 5.41) is 13.1. The van der Waals surface area contributed by atoms with Gasteiger partial charge in [-0.15, -0.1) is 5.10 Å². The molecule has 0 aliphatic heterocycles. The largest absolute Gasteiger partial charge is 0.489 e. The lowest BCUT2D eigenvalue weighted by Crippen LogP contribution is -2.49. The predicted octanol–water partition coefficient (Wildman–Crippen LogP) is 4.30. The number of nitrogens with one attached hydrogen (secondary N) is 2. The molecular weight excluding hydrogens is 534 g/mol. The molecule has 2 N–H and O–H groups in total. The van der Waals surface area contributed by atoms with Gasteiger partial charge in [0.25, 0.3) is 5.91 Å². The molecule has 0 aliphatic rings. The van der Waals surface area contributed by atoms with Crippen molar-refractivity contribution in [2.75, 3.05) is 6.54 Å². The van der Waals surface area contributed by atoms with Crippen LogP contribution in [0.15, 0.2) is 109 Å². The molecular formula is C32H29N5O5. The first-order valence-corrected chi connectivity index (χ1v) is 13.4. The molecule has 0 radical (unpaired) electrons. The first-order chi connectivity index (χ1) is 20.5. The highest BCUT2D eigenvalue weighted by Crippen LogP contribution is 2.16. The summed E-state index contributed by atoms with van der Waals surface area (Å²) in [5.74, 6) is -0.347. The van der Waals surface area contributed by atoms with Crippen LogP contribution >= 0.6 is 0 Å². The lowest BCUT2D eigenvalue weighted by atomic mass is 10.1. The molecule has 0 aliphatic carbocycles. The van der Waals surface area contributed by atoms with Crippen LogP contribution in [0.25, 0.3) is 11.0 Å². The zero-order valence-electron chi connectivity index (χ0n) is 22.7. The van der Waals surface area contributed by atoms with Gasteiger partial charge in [-0.2, -0.15) is 4.68 Å². The number of amides is 2. The van der Waals surface area contributed by atoms with Gasteiger partial charge in [0.15, 0.2) is 0 Å². The SMILES string of the molecule is O=C(N[C@@H](Cc1ccc(OCc2ccccc2)cc1)C(=O)NCC(=O)n1nnc2ccccc21)OCc1ccccc1. The lowest BCUT2D eigenvalue weighted by Gasteiger charge is -2.19. The first-order valence-electron chi connectivity index (χ1n) is 13.4. The van der Waals surface area contributed by atoms with Gasteiger partial charge in [0.2, 0.25) is 5.91 Å². The van der Waals surface area contributed by atoms with E-state index in [0.717, 1.165) is 21.4 Å². The van der Waals surface area contributed by atoms with E-state index in [9.17, 15) is 14.4 Å².